The molecule has 3 N–H and O–H groups in total. The van der Waals surface area contributed by atoms with E-state index in [1.54, 1.807) is 7.05 Å². The quantitative estimate of drug-likeness (QED) is 0.651. The minimum absolute atomic E-state index is 0.0615. The predicted molar refractivity (Wildman–Crippen MR) is 67.2 cm³/mol. The lowest BCUT2D eigenvalue weighted by Crippen LogP contribution is -2.40. The third-order valence-electron chi connectivity index (χ3n) is 3.88. The molecule has 1 fully saturated rings. The van der Waals surface area contributed by atoms with Crippen LogP contribution in [0.3, 0.4) is 0 Å². The lowest BCUT2D eigenvalue weighted by Gasteiger charge is -2.19. The molecule has 0 radical (unpaired) electrons. The average Bonchev–Trinajstić information content (AvgIpc) is 2.93. The maximum Gasteiger partial charge on any atom is 0.242 e. The van der Waals surface area contributed by atoms with Crippen LogP contribution in [0.25, 0.3) is 0 Å². The van der Waals surface area contributed by atoms with Crippen LogP contribution in [-0.4, -0.2) is 31.4 Å². The average molecular weight is 245 g/mol. The molecule has 0 saturated carbocycles. The molecule has 0 bridgehead atoms. The van der Waals surface area contributed by atoms with E-state index in [9.17, 15) is 9.59 Å². The molecule has 18 heavy (non-hydrogen) atoms. The number of hydrogen-bond acceptors (Lipinski definition) is 3. The van der Waals surface area contributed by atoms with E-state index < -0.39 is 11.5 Å². The molecule has 2 amide bonds. The van der Waals surface area contributed by atoms with Gasteiger partial charge in [0.15, 0.2) is 0 Å². The van der Waals surface area contributed by atoms with Gasteiger partial charge in [0.05, 0.1) is 5.41 Å². The summed E-state index contributed by atoms with van der Waals surface area (Å²) < 4.78 is 0. The van der Waals surface area contributed by atoms with E-state index >= 15 is 0 Å². The van der Waals surface area contributed by atoms with Crippen molar-refractivity contribution in [2.24, 2.45) is 0 Å². The van der Waals surface area contributed by atoms with Crippen LogP contribution in [0, 0.1) is 0 Å². The number of fused-ring (bicyclic) bond motifs is 2. The van der Waals surface area contributed by atoms with E-state index in [2.05, 4.69) is 16.0 Å². The molecule has 1 spiro atoms. The zero-order valence-corrected chi connectivity index (χ0v) is 10.1. The molecule has 1 aromatic carbocycles. The van der Waals surface area contributed by atoms with Gasteiger partial charge in [-0.2, -0.15) is 0 Å². The van der Waals surface area contributed by atoms with Crippen LogP contribution in [0.15, 0.2) is 24.3 Å². The van der Waals surface area contributed by atoms with Crippen molar-refractivity contribution in [1.82, 2.24) is 10.6 Å². The lowest BCUT2D eigenvalue weighted by molar-refractivity contribution is -0.126. The van der Waals surface area contributed by atoms with Crippen LogP contribution in [-0.2, 0) is 15.0 Å². The summed E-state index contributed by atoms with van der Waals surface area (Å²) in [5.74, 6) is -0.196. The first kappa shape index (κ1) is 11.1. The Labute approximate surface area is 105 Å². The molecule has 5 nitrogen and oxygen atoms in total. The number of rotatable bonds is 1. The number of anilines is 1. The minimum atomic E-state index is -0.590. The summed E-state index contributed by atoms with van der Waals surface area (Å²) in [7, 11) is 1.58. The monoisotopic (exact) mass is 245 g/mol. The third-order valence-corrected chi connectivity index (χ3v) is 3.88. The van der Waals surface area contributed by atoms with Crippen LogP contribution in [0.5, 0.6) is 0 Å². The van der Waals surface area contributed by atoms with E-state index in [1.165, 1.54) is 0 Å². The van der Waals surface area contributed by atoms with Crippen molar-refractivity contribution < 1.29 is 9.59 Å². The Bertz CT molecular complexity index is 529. The molecular formula is C13H15N3O2. The molecule has 94 valence electrons. The summed E-state index contributed by atoms with van der Waals surface area (Å²) in [6, 6.07) is 7.35. The zero-order chi connectivity index (χ0) is 12.8. The molecule has 2 heterocycles. The molecule has 0 aromatic heterocycles. The van der Waals surface area contributed by atoms with Crippen molar-refractivity contribution in [2.45, 2.75) is 17.9 Å². The summed E-state index contributed by atoms with van der Waals surface area (Å²) in [5.41, 5.74) is 1.40. The summed E-state index contributed by atoms with van der Waals surface area (Å²) in [5, 5.41) is 8.62. The second kappa shape index (κ2) is 3.73. The van der Waals surface area contributed by atoms with E-state index in [0.29, 0.717) is 13.0 Å². The van der Waals surface area contributed by atoms with Gasteiger partial charge in [-0.3, -0.25) is 9.59 Å². The van der Waals surface area contributed by atoms with Crippen molar-refractivity contribution in [2.75, 3.05) is 18.9 Å². The highest BCUT2D eigenvalue weighted by Crippen LogP contribution is 2.42. The molecule has 2 unspecified atom stereocenters. The molecule has 2 aliphatic rings. The van der Waals surface area contributed by atoms with Crippen molar-refractivity contribution in [1.29, 1.82) is 0 Å². The molecule has 1 saturated heterocycles. The van der Waals surface area contributed by atoms with Crippen molar-refractivity contribution >= 4 is 17.5 Å². The normalized spacial score (nSPS) is 28.7. The number of amides is 2. The third kappa shape index (κ3) is 1.33. The summed E-state index contributed by atoms with van der Waals surface area (Å²) in [4.78, 5) is 23.9. The summed E-state index contributed by atoms with van der Waals surface area (Å²) in [6.45, 7) is 0.561. The fourth-order valence-corrected chi connectivity index (χ4v) is 2.90. The van der Waals surface area contributed by atoms with E-state index in [-0.39, 0.29) is 11.8 Å². The zero-order valence-electron chi connectivity index (χ0n) is 10.1. The fraction of sp³-hybridized carbons (Fsp3) is 0.385. The van der Waals surface area contributed by atoms with Gasteiger partial charge in [-0.25, -0.2) is 0 Å². The van der Waals surface area contributed by atoms with Gasteiger partial charge in [0.1, 0.15) is 6.04 Å². The highest BCUT2D eigenvalue weighted by Gasteiger charge is 2.53. The van der Waals surface area contributed by atoms with Gasteiger partial charge in [-0.15, -0.1) is 0 Å². The molecule has 2 atom stereocenters. The largest absolute Gasteiger partial charge is 0.383 e. The van der Waals surface area contributed by atoms with Crippen LogP contribution in [0.1, 0.15) is 12.0 Å². The Morgan fingerprint density at radius 2 is 2.22 bits per heavy atom. The van der Waals surface area contributed by atoms with Crippen molar-refractivity contribution in [3.63, 3.8) is 0 Å². The Kier molecular flexibility index (Phi) is 2.29. The second-order valence-electron chi connectivity index (χ2n) is 4.83. The maximum absolute atomic E-state index is 12.3. The second-order valence-corrected chi connectivity index (χ2v) is 4.83. The van der Waals surface area contributed by atoms with Gasteiger partial charge in [0.25, 0.3) is 0 Å². The summed E-state index contributed by atoms with van der Waals surface area (Å²) in [6.07, 6.45) is 0.509. The number of nitrogens with one attached hydrogen (secondary N) is 3. The number of carbonyl (C=O) groups excluding carboxylic acids is 2. The first-order valence-corrected chi connectivity index (χ1v) is 6.03. The van der Waals surface area contributed by atoms with Gasteiger partial charge in [-0.1, -0.05) is 18.2 Å². The molecule has 2 aliphatic heterocycles. The predicted octanol–water partition coefficient (Wildman–Crippen LogP) is -0.0156. The molecule has 3 rings (SSSR count). The highest BCUT2D eigenvalue weighted by atomic mass is 16.2. The number of hydrogen-bond donors (Lipinski definition) is 3. The molecule has 1 aromatic rings. The topological polar surface area (TPSA) is 70.2 Å². The number of likely N-dealkylation sites (N-methyl/N-ethyl adjacent to an activating group) is 1. The van der Waals surface area contributed by atoms with Gasteiger partial charge >= 0.3 is 0 Å². The minimum Gasteiger partial charge on any atom is -0.383 e. The van der Waals surface area contributed by atoms with Crippen LogP contribution < -0.4 is 16.0 Å². The van der Waals surface area contributed by atoms with Crippen molar-refractivity contribution in [3.8, 4) is 0 Å². The first-order valence-electron chi connectivity index (χ1n) is 6.03. The standard InChI is InChI=1S/C13H15N3O2/c1-14-11(17)10-6-13(12(18)16-10)7-15-9-5-3-2-4-8(9)13/h2-5,10,15H,6-7H2,1H3,(H,14,17)(H,16,18). The molecule has 5 heteroatoms. The fourth-order valence-electron chi connectivity index (χ4n) is 2.90. The smallest absolute Gasteiger partial charge is 0.242 e. The maximum atomic E-state index is 12.3. The van der Waals surface area contributed by atoms with Crippen LogP contribution in [0.2, 0.25) is 0 Å². The SMILES string of the molecule is CNC(=O)C1CC2(CNc3ccccc32)C(=O)N1. The van der Waals surface area contributed by atoms with Gasteiger partial charge < -0.3 is 16.0 Å². The van der Waals surface area contributed by atoms with Gasteiger partial charge in [0.2, 0.25) is 11.8 Å². The van der Waals surface area contributed by atoms with Gasteiger partial charge in [0, 0.05) is 19.3 Å². The van der Waals surface area contributed by atoms with Crippen LogP contribution >= 0.6 is 0 Å². The molecule has 0 aliphatic carbocycles. The Morgan fingerprint density at radius 3 is 3.00 bits per heavy atom. The highest BCUT2D eigenvalue weighted by molar-refractivity contribution is 6.00. The first-order chi connectivity index (χ1) is 8.67. The Balaban J connectivity index is 1.98. The number of para-hydroxylation sites is 1. The summed E-state index contributed by atoms with van der Waals surface area (Å²) >= 11 is 0. The number of benzene rings is 1. The van der Waals surface area contributed by atoms with E-state index in [4.69, 9.17) is 0 Å². The van der Waals surface area contributed by atoms with E-state index in [0.717, 1.165) is 11.3 Å². The number of carbonyl (C=O) groups is 2. The van der Waals surface area contributed by atoms with Crippen LogP contribution in [0.4, 0.5) is 5.69 Å². The van der Waals surface area contributed by atoms with Crippen molar-refractivity contribution in [3.05, 3.63) is 29.8 Å². The Hall–Kier alpha value is -2.04. The Morgan fingerprint density at radius 1 is 1.44 bits per heavy atom. The van der Waals surface area contributed by atoms with E-state index in [1.807, 2.05) is 24.3 Å². The molecular weight excluding hydrogens is 230 g/mol. The lowest BCUT2D eigenvalue weighted by atomic mass is 9.79. The van der Waals surface area contributed by atoms with Gasteiger partial charge in [-0.05, 0) is 18.1 Å².